The third kappa shape index (κ3) is 4.35. The first-order valence-corrected chi connectivity index (χ1v) is 10.3. The highest BCUT2D eigenvalue weighted by molar-refractivity contribution is 7.80. The molecule has 1 aliphatic carbocycles. The number of nitrogens with one attached hydrogen (secondary N) is 2. The van der Waals surface area contributed by atoms with Crippen LogP contribution in [0.25, 0.3) is 10.9 Å². The van der Waals surface area contributed by atoms with Crippen molar-refractivity contribution in [3.63, 3.8) is 0 Å². The lowest BCUT2D eigenvalue weighted by molar-refractivity contribution is 0.626. The molecule has 0 amide bonds. The molecule has 2 aromatic heterocycles. The number of benzene rings is 1. The van der Waals surface area contributed by atoms with Gasteiger partial charge in [-0.05, 0) is 81.2 Å². The quantitative estimate of drug-likeness (QED) is 0.367. The van der Waals surface area contributed by atoms with Crippen LogP contribution in [0.4, 0.5) is 10.1 Å². The van der Waals surface area contributed by atoms with Crippen LogP contribution in [0.1, 0.15) is 42.3 Å². The minimum Gasteiger partial charge on any atom is -0.360 e. The maximum Gasteiger partial charge on any atom is 0.174 e. The van der Waals surface area contributed by atoms with Crippen molar-refractivity contribution in [3.05, 3.63) is 72.0 Å². The van der Waals surface area contributed by atoms with Crippen LogP contribution in [0.3, 0.4) is 0 Å². The third-order valence-electron chi connectivity index (χ3n) is 5.51. The summed E-state index contributed by atoms with van der Waals surface area (Å²) >= 11 is 5.80. The number of hydrogen-bond acceptors (Lipinski definition) is 2. The first-order chi connectivity index (χ1) is 14.0. The predicted molar refractivity (Wildman–Crippen MR) is 128 cm³/mol. The van der Waals surface area contributed by atoms with E-state index in [1.165, 1.54) is 17.7 Å². The standard InChI is InChI=1S/C23H25FN4S.ClH/c1-4-5-20(22-21-19(12-13-25-22)14(2)15(3)26-21)28(23(29)27-17-8-9-17)18-10-6-16(24)7-11-18;/h4,6-7,10-13,17,20,26H,1,5,8-9H2,2-3H3,(H,27,29);1H. The van der Waals surface area contributed by atoms with Gasteiger partial charge in [0.1, 0.15) is 5.82 Å². The number of nitrogens with zero attached hydrogens (tertiary/aromatic N) is 2. The summed E-state index contributed by atoms with van der Waals surface area (Å²) in [6.07, 6.45) is 6.60. The number of aromatic amines is 1. The van der Waals surface area contributed by atoms with Crippen molar-refractivity contribution in [2.75, 3.05) is 4.90 Å². The molecule has 4 rings (SSSR count). The number of H-pyrrole nitrogens is 1. The van der Waals surface area contributed by atoms with Crippen molar-refractivity contribution in [1.29, 1.82) is 0 Å². The van der Waals surface area contributed by atoms with E-state index >= 15 is 0 Å². The van der Waals surface area contributed by atoms with Gasteiger partial charge in [0.15, 0.2) is 5.11 Å². The summed E-state index contributed by atoms with van der Waals surface area (Å²) in [6, 6.07) is 8.72. The molecule has 1 aromatic carbocycles. The fraction of sp³-hybridized carbons (Fsp3) is 0.304. The zero-order valence-corrected chi connectivity index (χ0v) is 18.7. The fourth-order valence-electron chi connectivity index (χ4n) is 3.67. The van der Waals surface area contributed by atoms with Crippen LogP contribution in [-0.2, 0) is 0 Å². The van der Waals surface area contributed by atoms with Crippen LogP contribution in [0.2, 0.25) is 0 Å². The van der Waals surface area contributed by atoms with Gasteiger partial charge in [-0.25, -0.2) is 4.39 Å². The van der Waals surface area contributed by atoms with Gasteiger partial charge in [0, 0.05) is 29.0 Å². The molecule has 7 heteroatoms. The van der Waals surface area contributed by atoms with E-state index in [0.717, 1.165) is 40.8 Å². The molecule has 1 aliphatic rings. The lowest BCUT2D eigenvalue weighted by atomic mass is 10.0. The maximum absolute atomic E-state index is 13.6. The molecule has 0 saturated heterocycles. The highest BCUT2D eigenvalue weighted by Gasteiger charge is 2.30. The molecular formula is C23H26ClFN4S. The van der Waals surface area contributed by atoms with Gasteiger partial charge < -0.3 is 15.2 Å². The van der Waals surface area contributed by atoms with E-state index in [4.69, 9.17) is 17.2 Å². The van der Waals surface area contributed by atoms with E-state index in [0.29, 0.717) is 17.6 Å². The number of rotatable bonds is 6. The predicted octanol–water partition coefficient (Wildman–Crippen LogP) is 5.90. The van der Waals surface area contributed by atoms with Crippen LogP contribution in [0.5, 0.6) is 0 Å². The largest absolute Gasteiger partial charge is 0.360 e. The lowest BCUT2D eigenvalue weighted by Gasteiger charge is -2.33. The Bertz CT molecular complexity index is 1060. The van der Waals surface area contributed by atoms with Crippen LogP contribution >= 0.6 is 24.6 Å². The molecule has 1 unspecified atom stereocenters. The van der Waals surface area contributed by atoms with E-state index in [1.54, 1.807) is 12.1 Å². The van der Waals surface area contributed by atoms with Gasteiger partial charge >= 0.3 is 0 Å². The highest BCUT2D eigenvalue weighted by Crippen LogP contribution is 2.35. The smallest absolute Gasteiger partial charge is 0.174 e. The molecule has 0 radical (unpaired) electrons. The average Bonchev–Trinajstić information content (AvgIpc) is 3.47. The second-order valence-electron chi connectivity index (χ2n) is 7.60. The second kappa shape index (κ2) is 9.14. The number of anilines is 1. The molecule has 1 fully saturated rings. The number of fused-ring (bicyclic) bond motifs is 1. The first-order valence-electron chi connectivity index (χ1n) is 9.89. The average molecular weight is 445 g/mol. The molecule has 3 aromatic rings. The number of aryl methyl sites for hydroxylation is 2. The molecule has 1 atom stereocenters. The topological polar surface area (TPSA) is 44.0 Å². The summed E-state index contributed by atoms with van der Waals surface area (Å²) in [5.41, 5.74) is 5.08. The fourth-order valence-corrected chi connectivity index (χ4v) is 4.07. The van der Waals surface area contributed by atoms with E-state index < -0.39 is 0 Å². The number of pyridine rings is 1. The molecule has 30 heavy (non-hydrogen) atoms. The number of hydrogen-bond donors (Lipinski definition) is 2. The Kier molecular flexibility index (Phi) is 6.78. The van der Waals surface area contributed by atoms with Crippen molar-refractivity contribution in [2.45, 2.75) is 45.2 Å². The van der Waals surface area contributed by atoms with Crippen LogP contribution in [0.15, 0.2) is 49.2 Å². The van der Waals surface area contributed by atoms with Gasteiger partial charge in [-0.15, -0.1) is 19.0 Å². The van der Waals surface area contributed by atoms with Gasteiger partial charge in [-0.3, -0.25) is 4.98 Å². The van der Waals surface area contributed by atoms with E-state index in [1.807, 2.05) is 23.2 Å². The number of thiocarbonyl (C=S) groups is 1. The number of halogens is 2. The molecule has 4 nitrogen and oxygen atoms in total. The Morgan fingerprint density at radius 2 is 2.03 bits per heavy atom. The summed E-state index contributed by atoms with van der Waals surface area (Å²) in [4.78, 5) is 10.3. The molecule has 1 saturated carbocycles. The Morgan fingerprint density at radius 1 is 1.33 bits per heavy atom. The molecule has 2 N–H and O–H groups in total. The Morgan fingerprint density at radius 3 is 2.67 bits per heavy atom. The SMILES string of the molecule is C=CCC(c1nccc2c(C)c(C)[nH]c12)N(C(=S)NC1CC1)c1ccc(F)cc1.Cl. The molecule has 0 spiro atoms. The Balaban J connectivity index is 0.00000256. The van der Waals surface area contributed by atoms with Crippen LogP contribution in [0, 0.1) is 19.7 Å². The highest BCUT2D eigenvalue weighted by atomic mass is 35.5. The van der Waals surface area contributed by atoms with E-state index in [-0.39, 0.29) is 24.3 Å². The van der Waals surface area contributed by atoms with Crippen molar-refractivity contribution in [3.8, 4) is 0 Å². The second-order valence-corrected chi connectivity index (χ2v) is 7.99. The van der Waals surface area contributed by atoms with Gasteiger partial charge in [0.05, 0.1) is 17.3 Å². The molecule has 0 aliphatic heterocycles. The summed E-state index contributed by atoms with van der Waals surface area (Å²) in [5, 5.41) is 5.22. The van der Waals surface area contributed by atoms with Gasteiger partial charge in [-0.1, -0.05) is 6.08 Å². The molecule has 158 valence electrons. The Labute approximate surface area is 188 Å². The normalized spacial score (nSPS) is 14.1. The minimum atomic E-state index is -0.272. The zero-order chi connectivity index (χ0) is 20.5. The lowest BCUT2D eigenvalue weighted by Crippen LogP contribution is -2.43. The molecular weight excluding hydrogens is 419 g/mol. The maximum atomic E-state index is 13.6. The van der Waals surface area contributed by atoms with Gasteiger partial charge in [0.25, 0.3) is 0 Å². The van der Waals surface area contributed by atoms with Crippen LogP contribution < -0.4 is 10.2 Å². The summed E-state index contributed by atoms with van der Waals surface area (Å²) in [7, 11) is 0. The van der Waals surface area contributed by atoms with E-state index in [2.05, 4.69) is 30.7 Å². The summed E-state index contributed by atoms with van der Waals surface area (Å²) in [6.45, 7) is 8.14. The van der Waals surface area contributed by atoms with E-state index in [9.17, 15) is 4.39 Å². The van der Waals surface area contributed by atoms with Crippen LogP contribution in [-0.4, -0.2) is 21.1 Å². The minimum absolute atomic E-state index is 0. The van der Waals surface area contributed by atoms with Gasteiger partial charge in [-0.2, -0.15) is 0 Å². The molecule has 2 heterocycles. The van der Waals surface area contributed by atoms with Crippen molar-refractivity contribution < 1.29 is 4.39 Å². The van der Waals surface area contributed by atoms with Crippen molar-refractivity contribution >= 4 is 46.3 Å². The summed E-state index contributed by atoms with van der Waals surface area (Å²) < 4.78 is 13.6. The third-order valence-corrected chi connectivity index (χ3v) is 5.82. The zero-order valence-electron chi connectivity index (χ0n) is 17.1. The monoisotopic (exact) mass is 444 g/mol. The molecule has 0 bridgehead atoms. The number of aromatic nitrogens is 2. The first kappa shape index (κ1) is 22.2. The van der Waals surface area contributed by atoms with Gasteiger partial charge in [0.2, 0.25) is 0 Å². The van der Waals surface area contributed by atoms with Crippen molar-refractivity contribution in [1.82, 2.24) is 15.3 Å². The Hall–Kier alpha value is -2.44. The van der Waals surface area contributed by atoms with Crippen molar-refractivity contribution in [2.24, 2.45) is 0 Å². The summed E-state index contributed by atoms with van der Waals surface area (Å²) in [5.74, 6) is -0.272.